The summed E-state index contributed by atoms with van der Waals surface area (Å²) in [5.74, 6) is 3.21. The van der Waals surface area contributed by atoms with E-state index in [1.54, 1.807) is 12.1 Å². The number of thioether (sulfide) groups is 2. The van der Waals surface area contributed by atoms with Crippen molar-refractivity contribution in [3.8, 4) is 0 Å². The van der Waals surface area contributed by atoms with E-state index < -0.39 is 10.0 Å². The van der Waals surface area contributed by atoms with Crippen LogP contribution in [0.2, 0.25) is 0 Å². The highest BCUT2D eigenvalue weighted by Crippen LogP contribution is 2.25. The van der Waals surface area contributed by atoms with Gasteiger partial charge in [0.1, 0.15) is 4.90 Å². The number of halogens is 1. The zero-order valence-electron chi connectivity index (χ0n) is 10.1. The molecule has 1 aromatic rings. The molecule has 0 aromatic heterocycles. The van der Waals surface area contributed by atoms with Crippen molar-refractivity contribution < 1.29 is 8.42 Å². The molecule has 2 rings (SSSR count). The fourth-order valence-corrected chi connectivity index (χ4v) is 6.14. The number of rotatable bonds is 4. The van der Waals surface area contributed by atoms with E-state index in [0.29, 0.717) is 16.3 Å². The van der Waals surface area contributed by atoms with Crippen LogP contribution >= 0.6 is 39.5 Å². The van der Waals surface area contributed by atoms with Gasteiger partial charge in [-0.15, -0.1) is 0 Å². The summed E-state index contributed by atoms with van der Waals surface area (Å²) in [7, 11) is -3.54. The second-order valence-corrected chi connectivity index (χ2v) is 9.31. The van der Waals surface area contributed by atoms with Crippen LogP contribution in [0.4, 0.5) is 5.69 Å². The van der Waals surface area contributed by atoms with Gasteiger partial charge in [0.25, 0.3) is 0 Å². The van der Waals surface area contributed by atoms with Gasteiger partial charge in [-0.1, -0.05) is 15.9 Å². The third kappa shape index (κ3) is 4.29. The lowest BCUT2D eigenvalue weighted by Crippen LogP contribution is -2.33. The minimum absolute atomic E-state index is 0.135. The summed E-state index contributed by atoms with van der Waals surface area (Å²) < 4.78 is 27.8. The summed E-state index contributed by atoms with van der Waals surface area (Å²) in [6, 6.07) is 4.84. The van der Waals surface area contributed by atoms with Crippen LogP contribution in [-0.2, 0) is 10.0 Å². The Hall–Kier alpha value is 0.110. The van der Waals surface area contributed by atoms with Gasteiger partial charge in [0.15, 0.2) is 0 Å². The number of nitrogens with one attached hydrogen (secondary N) is 1. The van der Waals surface area contributed by atoms with Gasteiger partial charge < -0.3 is 5.73 Å². The highest BCUT2D eigenvalue weighted by Gasteiger charge is 2.21. The maximum atomic E-state index is 12.2. The number of hydrogen-bond donors (Lipinski definition) is 2. The standard InChI is InChI=1S/C11H15BrN2O2S3/c12-8-1-2-10(13)11(5-8)19(15,16)14-6-9-7-17-3-4-18-9/h1-2,5,9,14H,3-4,6-7,13H2. The highest BCUT2D eigenvalue weighted by atomic mass is 79.9. The van der Waals surface area contributed by atoms with Gasteiger partial charge in [0, 0.05) is 33.5 Å². The largest absolute Gasteiger partial charge is 0.398 e. The van der Waals surface area contributed by atoms with Crippen molar-refractivity contribution in [2.45, 2.75) is 10.1 Å². The van der Waals surface area contributed by atoms with E-state index in [0.717, 1.165) is 17.3 Å². The molecule has 1 aromatic carbocycles. The van der Waals surface area contributed by atoms with Gasteiger partial charge in [-0.25, -0.2) is 13.1 Å². The van der Waals surface area contributed by atoms with Crippen LogP contribution in [0.15, 0.2) is 27.6 Å². The Kier molecular flexibility index (Phi) is 5.47. The number of anilines is 1. The van der Waals surface area contributed by atoms with Crippen molar-refractivity contribution in [2.75, 3.05) is 29.5 Å². The van der Waals surface area contributed by atoms with E-state index in [4.69, 9.17) is 5.73 Å². The Balaban J connectivity index is 2.07. The molecule has 3 N–H and O–H groups in total. The molecule has 1 saturated heterocycles. The molecule has 0 spiro atoms. The Morgan fingerprint density at radius 2 is 2.21 bits per heavy atom. The maximum absolute atomic E-state index is 12.2. The number of nitrogens with two attached hydrogens (primary N) is 1. The average molecular weight is 383 g/mol. The van der Waals surface area contributed by atoms with Crippen molar-refractivity contribution in [1.29, 1.82) is 0 Å². The fraction of sp³-hybridized carbons (Fsp3) is 0.455. The summed E-state index contributed by atoms with van der Waals surface area (Å²) in [5.41, 5.74) is 6.00. The smallest absolute Gasteiger partial charge is 0.242 e. The van der Waals surface area contributed by atoms with Crippen LogP contribution in [0.25, 0.3) is 0 Å². The third-order valence-electron chi connectivity index (χ3n) is 2.65. The second-order valence-electron chi connectivity index (χ2n) is 4.10. The highest BCUT2D eigenvalue weighted by molar-refractivity contribution is 9.10. The quantitative estimate of drug-likeness (QED) is 0.780. The van der Waals surface area contributed by atoms with Gasteiger partial charge in [0.2, 0.25) is 10.0 Å². The van der Waals surface area contributed by atoms with E-state index in [1.165, 1.54) is 6.07 Å². The van der Waals surface area contributed by atoms with Gasteiger partial charge in [-0.2, -0.15) is 23.5 Å². The monoisotopic (exact) mass is 382 g/mol. The van der Waals surface area contributed by atoms with Gasteiger partial charge in [-0.3, -0.25) is 0 Å². The molecular weight excluding hydrogens is 368 g/mol. The predicted octanol–water partition coefficient (Wildman–Crippen LogP) is 2.16. The summed E-state index contributed by atoms with van der Waals surface area (Å²) >= 11 is 6.95. The first-order valence-electron chi connectivity index (χ1n) is 5.73. The number of benzene rings is 1. The lowest BCUT2D eigenvalue weighted by molar-refractivity contribution is 0.582. The molecule has 1 aliphatic rings. The lowest BCUT2D eigenvalue weighted by atomic mass is 10.3. The molecule has 0 radical (unpaired) electrons. The predicted molar refractivity (Wildman–Crippen MR) is 87.3 cm³/mol. The normalized spacial score (nSPS) is 20.4. The third-order valence-corrected chi connectivity index (χ3v) is 7.47. The Labute approximate surface area is 130 Å². The summed E-state index contributed by atoms with van der Waals surface area (Å²) in [6.07, 6.45) is 0. The minimum Gasteiger partial charge on any atom is -0.398 e. The maximum Gasteiger partial charge on any atom is 0.242 e. The first-order valence-corrected chi connectivity index (χ1v) is 10.2. The number of sulfonamides is 1. The van der Waals surface area contributed by atoms with Crippen LogP contribution in [0.1, 0.15) is 0 Å². The van der Waals surface area contributed by atoms with Crippen molar-refractivity contribution >= 4 is 55.2 Å². The fourth-order valence-electron chi connectivity index (χ4n) is 1.68. The Morgan fingerprint density at radius 1 is 1.42 bits per heavy atom. The summed E-state index contributed by atoms with van der Waals surface area (Å²) in [4.78, 5) is 0.135. The van der Waals surface area contributed by atoms with Gasteiger partial charge >= 0.3 is 0 Å². The molecule has 1 aliphatic heterocycles. The Morgan fingerprint density at radius 3 is 2.89 bits per heavy atom. The van der Waals surface area contributed by atoms with E-state index in [9.17, 15) is 8.42 Å². The molecule has 8 heteroatoms. The number of nitrogen functional groups attached to an aromatic ring is 1. The molecule has 1 unspecified atom stereocenters. The van der Waals surface area contributed by atoms with Crippen LogP contribution in [-0.4, -0.2) is 37.5 Å². The molecule has 1 heterocycles. The SMILES string of the molecule is Nc1ccc(Br)cc1S(=O)(=O)NCC1CSCCS1. The van der Waals surface area contributed by atoms with E-state index in [1.807, 2.05) is 23.5 Å². The molecule has 0 amide bonds. The van der Waals surface area contributed by atoms with Crippen molar-refractivity contribution in [3.63, 3.8) is 0 Å². The van der Waals surface area contributed by atoms with Crippen LogP contribution < -0.4 is 10.5 Å². The minimum atomic E-state index is -3.54. The molecule has 0 saturated carbocycles. The van der Waals surface area contributed by atoms with E-state index in [-0.39, 0.29) is 10.6 Å². The van der Waals surface area contributed by atoms with Gasteiger partial charge in [-0.05, 0) is 18.2 Å². The average Bonchev–Trinajstić information content (AvgIpc) is 2.40. The first kappa shape index (κ1) is 15.5. The zero-order valence-corrected chi connectivity index (χ0v) is 14.2. The molecule has 0 bridgehead atoms. The molecule has 0 aliphatic carbocycles. The number of hydrogen-bond acceptors (Lipinski definition) is 5. The summed E-state index contributed by atoms with van der Waals surface area (Å²) in [5, 5.41) is 0.335. The first-order chi connectivity index (χ1) is 8.99. The molecule has 1 fully saturated rings. The van der Waals surface area contributed by atoms with Crippen molar-refractivity contribution in [2.24, 2.45) is 0 Å². The summed E-state index contributed by atoms with van der Waals surface area (Å²) in [6.45, 7) is 0.450. The molecular formula is C11H15BrN2O2S3. The second kappa shape index (κ2) is 6.71. The van der Waals surface area contributed by atoms with Crippen LogP contribution in [0.3, 0.4) is 0 Å². The van der Waals surface area contributed by atoms with Crippen LogP contribution in [0, 0.1) is 0 Å². The Bertz CT molecular complexity index is 545. The molecule has 106 valence electrons. The zero-order chi connectivity index (χ0) is 13.9. The van der Waals surface area contributed by atoms with Crippen molar-refractivity contribution in [3.05, 3.63) is 22.7 Å². The topological polar surface area (TPSA) is 72.2 Å². The van der Waals surface area contributed by atoms with Crippen molar-refractivity contribution in [1.82, 2.24) is 4.72 Å². The van der Waals surface area contributed by atoms with E-state index >= 15 is 0 Å². The lowest BCUT2D eigenvalue weighted by Gasteiger charge is -2.21. The van der Waals surface area contributed by atoms with Crippen LogP contribution in [0.5, 0.6) is 0 Å². The molecule has 4 nitrogen and oxygen atoms in total. The molecule has 1 atom stereocenters. The van der Waals surface area contributed by atoms with Gasteiger partial charge in [0.05, 0.1) is 5.69 Å². The molecule has 19 heavy (non-hydrogen) atoms. The van der Waals surface area contributed by atoms with E-state index in [2.05, 4.69) is 20.7 Å².